The summed E-state index contributed by atoms with van der Waals surface area (Å²) in [5, 5.41) is 2.92. The number of hydrogen-bond donors (Lipinski definition) is 2. The average Bonchev–Trinajstić information content (AvgIpc) is 3.24. The van der Waals surface area contributed by atoms with Gasteiger partial charge in [0.25, 0.3) is 5.91 Å². The van der Waals surface area contributed by atoms with Crippen LogP contribution in [0.15, 0.2) is 46.9 Å². The highest BCUT2D eigenvalue weighted by Gasteiger charge is 2.21. The third-order valence-electron chi connectivity index (χ3n) is 4.11. The Kier molecular flexibility index (Phi) is 4.08. The second-order valence-electron chi connectivity index (χ2n) is 5.79. The molecule has 1 amide bonds. The Balaban J connectivity index is 1.58. The van der Waals surface area contributed by atoms with Crippen molar-refractivity contribution in [1.82, 2.24) is 9.97 Å². The molecule has 1 saturated heterocycles. The Morgan fingerprint density at radius 3 is 2.96 bits per heavy atom. The fourth-order valence-corrected chi connectivity index (χ4v) is 3.36. The van der Waals surface area contributed by atoms with Crippen LogP contribution in [0, 0.1) is 0 Å². The van der Waals surface area contributed by atoms with Crippen molar-refractivity contribution in [3.8, 4) is 0 Å². The Hall–Kier alpha value is -2.18. The third-order valence-corrected chi connectivity index (χ3v) is 4.80. The lowest BCUT2D eigenvalue weighted by Crippen LogP contribution is -2.12. The van der Waals surface area contributed by atoms with Gasteiger partial charge in [-0.05, 0) is 59.1 Å². The SMILES string of the molecule is O=C(Nc1ccc2nc(C3CCCO3)[nH]c2c1)c1ccccc1Br. The van der Waals surface area contributed by atoms with E-state index < -0.39 is 0 Å². The maximum Gasteiger partial charge on any atom is 0.256 e. The minimum Gasteiger partial charge on any atom is -0.370 e. The fourth-order valence-electron chi connectivity index (χ4n) is 2.90. The highest BCUT2D eigenvalue weighted by molar-refractivity contribution is 9.10. The van der Waals surface area contributed by atoms with Crippen LogP contribution >= 0.6 is 15.9 Å². The Bertz CT molecular complexity index is 900. The Morgan fingerprint density at radius 2 is 2.17 bits per heavy atom. The number of carbonyl (C=O) groups excluding carboxylic acids is 1. The van der Waals surface area contributed by atoms with Crippen LogP contribution in [0.2, 0.25) is 0 Å². The molecule has 2 aromatic carbocycles. The summed E-state index contributed by atoms with van der Waals surface area (Å²) in [5.41, 5.74) is 3.10. The van der Waals surface area contributed by atoms with E-state index in [0.717, 1.165) is 46.5 Å². The van der Waals surface area contributed by atoms with Crippen LogP contribution in [-0.2, 0) is 4.74 Å². The van der Waals surface area contributed by atoms with Gasteiger partial charge in [-0.3, -0.25) is 4.79 Å². The summed E-state index contributed by atoms with van der Waals surface area (Å²) < 4.78 is 6.43. The number of carbonyl (C=O) groups is 1. The van der Waals surface area contributed by atoms with Gasteiger partial charge in [0.2, 0.25) is 0 Å². The first kappa shape index (κ1) is 15.4. The molecule has 0 spiro atoms. The minimum absolute atomic E-state index is 0.0516. The molecule has 6 heteroatoms. The molecule has 122 valence electrons. The molecule has 5 nitrogen and oxygen atoms in total. The number of aromatic amines is 1. The van der Waals surface area contributed by atoms with Crippen molar-refractivity contribution >= 4 is 38.6 Å². The maximum absolute atomic E-state index is 12.4. The van der Waals surface area contributed by atoms with Crippen molar-refractivity contribution in [2.75, 3.05) is 11.9 Å². The number of ether oxygens (including phenoxy) is 1. The number of amides is 1. The number of rotatable bonds is 3. The van der Waals surface area contributed by atoms with E-state index in [0.29, 0.717) is 5.56 Å². The molecule has 24 heavy (non-hydrogen) atoms. The van der Waals surface area contributed by atoms with Crippen molar-refractivity contribution in [2.45, 2.75) is 18.9 Å². The Morgan fingerprint density at radius 1 is 1.29 bits per heavy atom. The van der Waals surface area contributed by atoms with E-state index in [-0.39, 0.29) is 12.0 Å². The first-order valence-corrected chi connectivity index (χ1v) is 8.67. The summed E-state index contributed by atoms with van der Waals surface area (Å²) in [6, 6.07) is 13.0. The third kappa shape index (κ3) is 2.95. The summed E-state index contributed by atoms with van der Waals surface area (Å²) in [6.45, 7) is 0.787. The van der Waals surface area contributed by atoms with Gasteiger partial charge in [-0.2, -0.15) is 0 Å². The van der Waals surface area contributed by atoms with Crippen molar-refractivity contribution in [3.63, 3.8) is 0 Å². The van der Waals surface area contributed by atoms with Crippen molar-refractivity contribution in [1.29, 1.82) is 0 Å². The topological polar surface area (TPSA) is 67.0 Å². The van der Waals surface area contributed by atoms with E-state index in [2.05, 4.69) is 31.2 Å². The molecule has 0 radical (unpaired) electrons. The number of nitrogens with zero attached hydrogens (tertiary/aromatic N) is 1. The number of halogens is 1. The normalized spacial score (nSPS) is 17.3. The van der Waals surface area contributed by atoms with Crippen molar-refractivity contribution in [3.05, 3.63) is 58.3 Å². The summed E-state index contributed by atoms with van der Waals surface area (Å²) in [6.07, 6.45) is 2.11. The number of benzene rings is 2. The van der Waals surface area contributed by atoms with E-state index in [1.165, 1.54) is 0 Å². The monoisotopic (exact) mass is 385 g/mol. The van der Waals surface area contributed by atoms with Crippen molar-refractivity contribution < 1.29 is 9.53 Å². The van der Waals surface area contributed by atoms with Crippen LogP contribution in [0.1, 0.15) is 35.1 Å². The van der Waals surface area contributed by atoms with E-state index >= 15 is 0 Å². The van der Waals surface area contributed by atoms with Gasteiger partial charge >= 0.3 is 0 Å². The number of fused-ring (bicyclic) bond motifs is 1. The molecule has 1 fully saturated rings. The summed E-state index contributed by atoms with van der Waals surface area (Å²) in [5.74, 6) is 0.706. The highest BCUT2D eigenvalue weighted by Crippen LogP contribution is 2.29. The van der Waals surface area contributed by atoms with Crippen molar-refractivity contribution in [2.24, 2.45) is 0 Å². The van der Waals surface area contributed by atoms with Crippen LogP contribution in [0.4, 0.5) is 5.69 Å². The molecule has 1 aromatic heterocycles. The number of H-pyrrole nitrogens is 1. The number of nitrogens with one attached hydrogen (secondary N) is 2. The molecular weight excluding hydrogens is 370 g/mol. The summed E-state index contributed by atoms with van der Waals surface area (Å²) in [4.78, 5) is 20.3. The lowest BCUT2D eigenvalue weighted by atomic mass is 10.2. The van der Waals surface area contributed by atoms with Gasteiger partial charge in [0, 0.05) is 16.8 Å². The number of imidazole rings is 1. The molecule has 4 rings (SSSR count). The second-order valence-corrected chi connectivity index (χ2v) is 6.64. The smallest absolute Gasteiger partial charge is 0.256 e. The lowest BCUT2D eigenvalue weighted by Gasteiger charge is -2.06. The largest absolute Gasteiger partial charge is 0.370 e. The molecular formula is C18H16BrN3O2. The standard InChI is InChI=1S/C18H16BrN3O2/c19-13-5-2-1-4-12(13)18(23)20-11-7-8-14-15(10-11)22-17(21-14)16-6-3-9-24-16/h1-2,4-5,7-8,10,16H,3,6,9H2,(H,20,23)(H,21,22). The predicted molar refractivity (Wildman–Crippen MR) is 96.1 cm³/mol. The molecule has 0 aliphatic carbocycles. The molecule has 1 aliphatic rings. The van der Waals surface area contributed by atoms with Gasteiger partial charge in [0.05, 0.1) is 16.6 Å². The molecule has 1 atom stereocenters. The van der Waals surface area contributed by atoms with E-state index in [9.17, 15) is 4.79 Å². The minimum atomic E-state index is -0.152. The quantitative estimate of drug-likeness (QED) is 0.700. The lowest BCUT2D eigenvalue weighted by molar-refractivity contribution is 0.102. The first-order valence-electron chi connectivity index (χ1n) is 7.88. The maximum atomic E-state index is 12.4. The first-order chi connectivity index (χ1) is 11.7. The van der Waals surface area contributed by atoms with Crippen LogP contribution in [0.25, 0.3) is 11.0 Å². The molecule has 1 unspecified atom stereocenters. The van der Waals surface area contributed by atoms with E-state index in [1.54, 1.807) is 6.07 Å². The average molecular weight is 386 g/mol. The van der Waals surface area contributed by atoms with Gasteiger partial charge < -0.3 is 15.0 Å². The molecule has 1 aliphatic heterocycles. The molecule has 0 saturated carbocycles. The Labute approximate surface area is 147 Å². The van der Waals surface area contributed by atoms with Crippen LogP contribution < -0.4 is 5.32 Å². The van der Waals surface area contributed by atoms with Gasteiger partial charge in [-0.25, -0.2) is 4.98 Å². The zero-order valence-electron chi connectivity index (χ0n) is 12.9. The fraction of sp³-hybridized carbons (Fsp3) is 0.222. The van der Waals surface area contributed by atoms with Gasteiger partial charge in [-0.1, -0.05) is 12.1 Å². The van der Waals surface area contributed by atoms with Crippen LogP contribution in [-0.4, -0.2) is 22.5 Å². The van der Waals surface area contributed by atoms with Crippen LogP contribution in [0.3, 0.4) is 0 Å². The zero-order valence-corrected chi connectivity index (χ0v) is 14.5. The zero-order chi connectivity index (χ0) is 16.5. The molecule has 2 heterocycles. The predicted octanol–water partition coefficient (Wildman–Crippen LogP) is 4.43. The second kappa shape index (κ2) is 6.37. The van der Waals surface area contributed by atoms with Crippen LogP contribution in [0.5, 0.6) is 0 Å². The van der Waals surface area contributed by atoms with E-state index in [4.69, 9.17) is 4.74 Å². The summed E-state index contributed by atoms with van der Waals surface area (Å²) >= 11 is 3.40. The molecule has 0 bridgehead atoms. The van der Waals surface area contributed by atoms with Gasteiger partial charge in [0.15, 0.2) is 0 Å². The van der Waals surface area contributed by atoms with E-state index in [1.807, 2.05) is 36.4 Å². The highest BCUT2D eigenvalue weighted by atomic mass is 79.9. The number of anilines is 1. The number of hydrogen-bond acceptors (Lipinski definition) is 3. The van der Waals surface area contributed by atoms with Gasteiger partial charge in [-0.15, -0.1) is 0 Å². The molecule has 3 aromatic rings. The molecule has 2 N–H and O–H groups in total. The number of aromatic nitrogens is 2. The summed E-state index contributed by atoms with van der Waals surface area (Å²) in [7, 11) is 0. The van der Waals surface area contributed by atoms with Gasteiger partial charge in [0.1, 0.15) is 11.9 Å².